The highest BCUT2D eigenvalue weighted by atomic mass is 19.2. The van der Waals surface area contributed by atoms with Crippen LogP contribution in [0.5, 0.6) is 11.5 Å². The van der Waals surface area contributed by atoms with Gasteiger partial charge in [-0.3, -0.25) is 0 Å². The number of carbonyl (C=O) groups is 1. The first-order valence-electron chi connectivity index (χ1n) is 3.49. The molecule has 1 aromatic rings. The highest BCUT2D eigenvalue weighted by molar-refractivity contribution is 5.76. The zero-order valence-electron chi connectivity index (χ0n) is 6.34. The summed E-state index contributed by atoms with van der Waals surface area (Å²) >= 11 is 0. The van der Waals surface area contributed by atoms with Crippen LogP contribution in [0, 0.1) is 11.6 Å². The van der Waals surface area contributed by atoms with E-state index < -0.39 is 17.6 Å². The summed E-state index contributed by atoms with van der Waals surface area (Å²) in [5.74, 6) is -2.78. The lowest BCUT2D eigenvalue weighted by Gasteiger charge is -2.16. The molecule has 1 aromatic carbocycles. The zero-order valence-corrected chi connectivity index (χ0v) is 6.34. The SMILES string of the molecule is O=C1COc2cc(F)c(F)cc2O1. The van der Waals surface area contributed by atoms with Crippen LogP contribution < -0.4 is 9.47 Å². The van der Waals surface area contributed by atoms with Crippen molar-refractivity contribution in [3.8, 4) is 11.5 Å². The molecule has 0 N–H and O–H groups in total. The van der Waals surface area contributed by atoms with Gasteiger partial charge in [0.15, 0.2) is 29.7 Å². The van der Waals surface area contributed by atoms with Crippen molar-refractivity contribution in [3.63, 3.8) is 0 Å². The number of hydrogen-bond donors (Lipinski definition) is 0. The van der Waals surface area contributed by atoms with Crippen LogP contribution in [0.25, 0.3) is 0 Å². The van der Waals surface area contributed by atoms with E-state index in [4.69, 9.17) is 4.74 Å². The molecule has 0 saturated carbocycles. The maximum Gasteiger partial charge on any atom is 0.349 e. The molecule has 0 spiro atoms. The number of esters is 1. The molecule has 1 aliphatic heterocycles. The van der Waals surface area contributed by atoms with Gasteiger partial charge in [-0.15, -0.1) is 0 Å². The number of benzene rings is 1. The number of hydrogen-bond acceptors (Lipinski definition) is 3. The van der Waals surface area contributed by atoms with Gasteiger partial charge in [0.2, 0.25) is 0 Å². The van der Waals surface area contributed by atoms with Gasteiger partial charge in [0.05, 0.1) is 0 Å². The Morgan fingerprint density at radius 3 is 2.46 bits per heavy atom. The van der Waals surface area contributed by atoms with Crippen LogP contribution in [0.2, 0.25) is 0 Å². The van der Waals surface area contributed by atoms with E-state index in [0.717, 1.165) is 12.1 Å². The Balaban J connectivity index is 2.49. The highest BCUT2D eigenvalue weighted by Crippen LogP contribution is 2.32. The van der Waals surface area contributed by atoms with E-state index in [0.29, 0.717) is 0 Å². The van der Waals surface area contributed by atoms with Gasteiger partial charge >= 0.3 is 5.97 Å². The Bertz CT molecular complexity index is 376. The average Bonchev–Trinajstić information content (AvgIpc) is 2.08. The molecule has 0 radical (unpaired) electrons. The van der Waals surface area contributed by atoms with E-state index in [1.165, 1.54) is 0 Å². The lowest BCUT2D eigenvalue weighted by Crippen LogP contribution is -2.23. The Labute approximate surface area is 71.9 Å². The number of fused-ring (bicyclic) bond motifs is 1. The molecule has 3 nitrogen and oxygen atoms in total. The molecule has 13 heavy (non-hydrogen) atoms. The molecular formula is C8H4F2O3. The Morgan fingerprint density at radius 2 is 1.77 bits per heavy atom. The lowest BCUT2D eigenvalue weighted by molar-refractivity contribution is -0.138. The van der Waals surface area contributed by atoms with Crippen LogP contribution in [0.4, 0.5) is 8.78 Å². The maximum absolute atomic E-state index is 12.6. The molecule has 0 aromatic heterocycles. The fourth-order valence-corrected chi connectivity index (χ4v) is 0.992. The van der Waals surface area contributed by atoms with Crippen LogP contribution in [0.3, 0.4) is 0 Å². The van der Waals surface area contributed by atoms with Crippen LogP contribution in [-0.2, 0) is 4.79 Å². The monoisotopic (exact) mass is 186 g/mol. The molecule has 0 aliphatic carbocycles. The van der Waals surface area contributed by atoms with Crippen LogP contribution in [-0.4, -0.2) is 12.6 Å². The zero-order chi connectivity index (χ0) is 9.42. The summed E-state index contributed by atoms with van der Waals surface area (Å²) in [5.41, 5.74) is 0. The fourth-order valence-electron chi connectivity index (χ4n) is 0.992. The van der Waals surface area contributed by atoms with E-state index in [2.05, 4.69) is 4.74 Å². The summed E-state index contributed by atoms with van der Waals surface area (Å²) in [5, 5.41) is 0. The first-order valence-corrected chi connectivity index (χ1v) is 3.49. The summed E-state index contributed by atoms with van der Waals surface area (Å²) in [6.45, 7) is -0.280. The van der Waals surface area contributed by atoms with Crippen molar-refractivity contribution >= 4 is 5.97 Å². The second kappa shape index (κ2) is 2.69. The minimum Gasteiger partial charge on any atom is -0.478 e. The quantitative estimate of drug-likeness (QED) is 0.452. The van der Waals surface area contributed by atoms with Crippen LogP contribution in [0.15, 0.2) is 12.1 Å². The van der Waals surface area contributed by atoms with Gasteiger partial charge in [0.1, 0.15) is 0 Å². The van der Waals surface area contributed by atoms with Crippen LogP contribution >= 0.6 is 0 Å². The van der Waals surface area contributed by atoms with E-state index in [-0.39, 0.29) is 18.1 Å². The summed E-state index contributed by atoms with van der Waals surface area (Å²) < 4.78 is 34.6. The smallest absolute Gasteiger partial charge is 0.349 e. The van der Waals surface area contributed by atoms with Gasteiger partial charge in [-0.05, 0) is 0 Å². The predicted molar refractivity (Wildman–Crippen MR) is 37.5 cm³/mol. The van der Waals surface area contributed by atoms with Crippen molar-refractivity contribution in [1.82, 2.24) is 0 Å². The third-order valence-electron chi connectivity index (χ3n) is 1.56. The van der Waals surface area contributed by atoms with Gasteiger partial charge in [-0.2, -0.15) is 0 Å². The average molecular weight is 186 g/mol. The predicted octanol–water partition coefficient (Wildman–Crippen LogP) is 1.26. The molecule has 2 rings (SSSR count). The normalized spacial score (nSPS) is 14.5. The summed E-state index contributed by atoms with van der Waals surface area (Å²) in [6.07, 6.45) is 0. The Morgan fingerprint density at radius 1 is 1.15 bits per heavy atom. The number of ether oxygens (including phenoxy) is 2. The van der Waals surface area contributed by atoms with Gasteiger partial charge in [0, 0.05) is 12.1 Å². The summed E-state index contributed by atoms with van der Waals surface area (Å²) in [7, 11) is 0. The van der Waals surface area contributed by atoms with Gasteiger partial charge in [-0.1, -0.05) is 0 Å². The van der Waals surface area contributed by atoms with Gasteiger partial charge < -0.3 is 9.47 Å². The number of rotatable bonds is 0. The van der Waals surface area contributed by atoms with Crippen molar-refractivity contribution in [2.75, 3.05) is 6.61 Å². The Hall–Kier alpha value is -1.65. The first-order chi connectivity index (χ1) is 6.16. The molecule has 0 saturated heterocycles. The molecule has 0 unspecified atom stereocenters. The second-order valence-corrected chi connectivity index (χ2v) is 2.48. The topological polar surface area (TPSA) is 35.5 Å². The third-order valence-corrected chi connectivity index (χ3v) is 1.56. The van der Waals surface area contributed by atoms with Gasteiger partial charge in [-0.25, -0.2) is 13.6 Å². The first kappa shape index (κ1) is 7.97. The minimum atomic E-state index is -1.07. The van der Waals surface area contributed by atoms with Crippen molar-refractivity contribution in [3.05, 3.63) is 23.8 Å². The van der Waals surface area contributed by atoms with E-state index in [1.54, 1.807) is 0 Å². The van der Waals surface area contributed by atoms with Crippen molar-refractivity contribution in [2.24, 2.45) is 0 Å². The van der Waals surface area contributed by atoms with Gasteiger partial charge in [0.25, 0.3) is 0 Å². The summed E-state index contributed by atoms with van der Waals surface area (Å²) in [6, 6.07) is 1.62. The Kier molecular flexibility index (Phi) is 1.65. The van der Waals surface area contributed by atoms with E-state index in [1.807, 2.05) is 0 Å². The van der Waals surface area contributed by atoms with Crippen molar-refractivity contribution in [1.29, 1.82) is 0 Å². The maximum atomic E-state index is 12.6. The minimum absolute atomic E-state index is 0.0403. The second-order valence-electron chi connectivity index (χ2n) is 2.48. The number of halogens is 2. The van der Waals surface area contributed by atoms with Crippen molar-refractivity contribution in [2.45, 2.75) is 0 Å². The van der Waals surface area contributed by atoms with Crippen LogP contribution in [0.1, 0.15) is 0 Å². The lowest BCUT2D eigenvalue weighted by atomic mass is 10.3. The molecule has 1 heterocycles. The molecule has 0 amide bonds. The molecule has 68 valence electrons. The summed E-state index contributed by atoms with van der Waals surface area (Å²) in [4.78, 5) is 10.7. The molecule has 5 heteroatoms. The highest BCUT2D eigenvalue weighted by Gasteiger charge is 2.20. The third kappa shape index (κ3) is 1.32. The molecule has 1 aliphatic rings. The fraction of sp³-hybridized carbons (Fsp3) is 0.125. The molecular weight excluding hydrogens is 182 g/mol. The van der Waals surface area contributed by atoms with Crippen molar-refractivity contribution < 1.29 is 23.0 Å². The largest absolute Gasteiger partial charge is 0.478 e. The molecule has 0 bridgehead atoms. The standard InChI is InChI=1S/C8H4F2O3/c9-4-1-6-7(2-5(4)10)13-8(11)3-12-6/h1-2H,3H2. The van der Waals surface area contributed by atoms with E-state index >= 15 is 0 Å². The number of carbonyl (C=O) groups excluding carboxylic acids is 1. The molecule has 0 atom stereocenters. The molecule has 0 fully saturated rings. The van der Waals surface area contributed by atoms with E-state index in [9.17, 15) is 13.6 Å².